The van der Waals surface area contributed by atoms with E-state index in [4.69, 9.17) is 0 Å². The molecule has 1 aromatic heterocycles. The summed E-state index contributed by atoms with van der Waals surface area (Å²) in [5, 5.41) is 1.47. The minimum absolute atomic E-state index is 1.17. The number of hydrogen-bond acceptors (Lipinski definition) is 0. The molecular formula is C18H23N. The second-order valence-corrected chi connectivity index (χ2v) is 5.53. The van der Waals surface area contributed by atoms with Crippen LogP contribution >= 0.6 is 0 Å². The van der Waals surface area contributed by atoms with Crippen LogP contribution in [0.1, 0.15) is 50.3 Å². The van der Waals surface area contributed by atoms with Crippen molar-refractivity contribution in [3.05, 3.63) is 41.6 Å². The van der Waals surface area contributed by atoms with Crippen LogP contribution in [0.15, 0.2) is 30.3 Å². The molecule has 0 bridgehead atoms. The number of hydrogen-bond donors (Lipinski definition) is 0. The third-order valence-electron chi connectivity index (χ3n) is 4.19. The van der Waals surface area contributed by atoms with Gasteiger partial charge in [-0.1, -0.05) is 50.5 Å². The Morgan fingerprint density at radius 1 is 1.11 bits per heavy atom. The van der Waals surface area contributed by atoms with Crippen LogP contribution in [0.3, 0.4) is 0 Å². The maximum atomic E-state index is 2.54. The molecule has 19 heavy (non-hydrogen) atoms. The third-order valence-corrected chi connectivity index (χ3v) is 4.19. The summed E-state index contributed by atoms with van der Waals surface area (Å²) in [7, 11) is 0. The molecular weight excluding hydrogens is 230 g/mol. The van der Waals surface area contributed by atoms with Gasteiger partial charge < -0.3 is 4.57 Å². The standard InChI is InChI=1S/C18H23N/c1-2-3-4-9-14-19-17-12-7-5-10-15(17)16-11-6-8-13-18(16)19/h5,7-8,10,12-13H,2-4,6,9,11,14H2,1H3. The highest BCUT2D eigenvalue weighted by Gasteiger charge is 2.16. The zero-order valence-electron chi connectivity index (χ0n) is 11.9. The van der Waals surface area contributed by atoms with Crippen molar-refractivity contribution in [3.8, 4) is 0 Å². The Morgan fingerprint density at radius 2 is 2.00 bits per heavy atom. The van der Waals surface area contributed by atoms with Crippen LogP contribution in [0, 0.1) is 0 Å². The lowest BCUT2D eigenvalue weighted by Crippen LogP contribution is -2.02. The highest BCUT2D eigenvalue weighted by Crippen LogP contribution is 2.31. The van der Waals surface area contributed by atoms with Gasteiger partial charge >= 0.3 is 0 Å². The Labute approximate surface area is 115 Å². The van der Waals surface area contributed by atoms with Gasteiger partial charge in [-0.2, -0.15) is 0 Å². The summed E-state index contributed by atoms with van der Waals surface area (Å²) >= 11 is 0. The highest BCUT2D eigenvalue weighted by molar-refractivity contribution is 5.88. The van der Waals surface area contributed by atoms with E-state index < -0.39 is 0 Å². The van der Waals surface area contributed by atoms with Gasteiger partial charge in [0.25, 0.3) is 0 Å². The fourth-order valence-corrected chi connectivity index (χ4v) is 3.21. The number of aromatic nitrogens is 1. The van der Waals surface area contributed by atoms with Crippen molar-refractivity contribution in [3.63, 3.8) is 0 Å². The monoisotopic (exact) mass is 253 g/mol. The molecule has 0 fully saturated rings. The number of benzene rings is 1. The smallest absolute Gasteiger partial charge is 0.0487 e. The van der Waals surface area contributed by atoms with Crippen LogP contribution in [0.4, 0.5) is 0 Å². The van der Waals surface area contributed by atoms with Crippen LogP contribution in [0.5, 0.6) is 0 Å². The summed E-state index contributed by atoms with van der Waals surface area (Å²) in [6.45, 7) is 3.44. The van der Waals surface area contributed by atoms with Gasteiger partial charge in [-0.05, 0) is 37.0 Å². The molecule has 2 aromatic rings. The summed E-state index contributed by atoms with van der Waals surface area (Å²) in [5.74, 6) is 0. The number of rotatable bonds is 5. The zero-order chi connectivity index (χ0) is 13.1. The normalized spacial score (nSPS) is 13.9. The molecule has 0 saturated carbocycles. The molecule has 0 spiro atoms. The largest absolute Gasteiger partial charge is 0.341 e. The number of unbranched alkanes of at least 4 members (excludes halogenated alkanes) is 3. The summed E-state index contributed by atoms with van der Waals surface area (Å²) in [4.78, 5) is 0. The van der Waals surface area contributed by atoms with Gasteiger partial charge in [0.2, 0.25) is 0 Å². The Bertz CT molecular complexity index is 589. The lowest BCUT2D eigenvalue weighted by atomic mass is 10.0. The summed E-state index contributed by atoms with van der Waals surface area (Å²) in [5.41, 5.74) is 4.45. The average Bonchev–Trinajstić information content (AvgIpc) is 2.78. The van der Waals surface area contributed by atoms with E-state index in [0.29, 0.717) is 0 Å². The van der Waals surface area contributed by atoms with E-state index in [1.165, 1.54) is 61.7 Å². The van der Waals surface area contributed by atoms with E-state index >= 15 is 0 Å². The molecule has 3 rings (SSSR count). The maximum absolute atomic E-state index is 2.54. The van der Waals surface area contributed by atoms with E-state index in [1.54, 1.807) is 5.56 Å². The van der Waals surface area contributed by atoms with Crippen molar-refractivity contribution < 1.29 is 0 Å². The zero-order valence-corrected chi connectivity index (χ0v) is 11.9. The SMILES string of the molecule is CCCCCCn1c2c(c3ccccc31)CCC=C2. The van der Waals surface area contributed by atoms with Crippen LogP contribution in [0.2, 0.25) is 0 Å². The van der Waals surface area contributed by atoms with Gasteiger partial charge in [-0.25, -0.2) is 0 Å². The van der Waals surface area contributed by atoms with Crippen molar-refractivity contribution in [1.82, 2.24) is 4.57 Å². The topological polar surface area (TPSA) is 4.93 Å². The van der Waals surface area contributed by atoms with E-state index in [0.717, 1.165) is 0 Å². The van der Waals surface area contributed by atoms with Crippen LogP contribution in [-0.2, 0) is 13.0 Å². The van der Waals surface area contributed by atoms with Crippen LogP contribution in [0.25, 0.3) is 17.0 Å². The Morgan fingerprint density at radius 3 is 2.89 bits per heavy atom. The van der Waals surface area contributed by atoms with Gasteiger partial charge in [0.1, 0.15) is 0 Å². The fraction of sp³-hybridized carbons (Fsp3) is 0.444. The minimum Gasteiger partial charge on any atom is -0.341 e. The van der Waals surface area contributed by atoms with Gasteiger partial charge in [0, 0.05) is 23.1 Å². The van der Waals surface area contributed by atoms with E-state index in [2.05, 4.69) is 47.9 Å². The highest BCUT2D eigenvalue weighted by atomic mass is 15.0. The van der Waals surface area contributed by atoms with Crippen molar-refractivity contribution >= 4 is 17.0 Å². The molecule has 0 N–H and O–H groups in total. The van der Waals surface area contributed by atoms with E-state index in [9.17, 15) is 0 Å². The first-order valence-electron chi connectivity index (χ1n) is 7.68. The van der Waals surface area contributed by atoms with Gasteiger partial charge in [-0.15, -0.1) is 0 Å². The first kappa shape index (κ1) is 12.5. The number of para-hydroxylation sites is 1. The molecule has 0 amide bonds. The molecule has 1 heteroatoms. The van der Waals surface area contributed by atoms with E-state index in [1.807, 2.05) is 0 Å². The number of nitrogens with zero attached hydrogens (tertiary/aromatic N) is 1. The molecule has 1 aliphatic rings. The lowest BCUT2D eigenvalue weighted by Gasteiger charge is -2.11. The number of fused-ring (bicyclic) bond motifs is 3. The third kappa shape index (κ3) is 2.34. The Hall–Kier alpha value is -1.50. The molecule has 0 radical (unpaired) electrons. The van der Waals surface area contributed by atoms with Gasteiger partial charge in [0.15, 0.2) is 0 Å². The summed E-state index contributed by atoms with van der Waals surface area (Å²) < 4.78 is 2.54. The second kappa shape index (κ2) is 5.64. The lowest BCUT2D eigenvalue weighted by molar-refractivity contribution is 0.590. The van der Waals surface area contributed by atoms with Crippen molar-refractivity contribution in [2.45, 2.75) is 52.0 Å². The average molecular weight is 253 g/mol. The van der Waals surface area contributed by atoms with Gasteiger partial charge in [0.05, 0.1) is 0 Å². The first-order chi connectivity index (χ1) is 9.42. The van der Waals surface area contributed by atoms with Crippen LogP contribution < -0.4 is 0 Å². The summed E-state index contributed by atoms with van der Waals surface area (Å²) in [6.07, 6.45) is 12.4. The minimum atomic E-state index is 1.17. The predicted molar refractivity (Wildman–Crippen MR) is 83.4 cm³/mol. The predicted octanol–water partition coefficient (Wildman–Crippen LogP) is 5.18. The second-order valence-electron chi connectivity index (χ2n) is 5.53. The van der Waals surface area contributed by atoms with Crippen molar-refractivity contribution in [2.75, 3.05) is 0 Å². The molecule has 0 atom stereocenters. The quantitative estimate of drug-likeness (QED) is 0.647. The molecule has 100 valence electrons. The molecule has 1 aliphatic carbocycles. The number of allylic oxidation sites excluding steroid dienone is 1. The van der Waals surface area contributed by atoms with E-state index in [-0.39, 0.29) is 0 Å². The summed E-state index contributed by atoms with van der Waals surface area (Å²) in [6, 6.07) is 8.90. The van der Waals surface area contributed by atoms with Crippen molar-refractivity contribution in [2.24, 2.45) is 0 Å². The van der Waals surface area contributed by atoms with Crippen LogP contribution in [-0.4, -0.2) is 4.57 Å². The molecule has 0 saturated heterocycles. The molecule has 1 nitrogen and oxygen atoms in total. The maximum Gasteiger partial charge on any atom is 0.0487 e. The van der Waals surface area contributed by atoms with Crippen molar-refractivity contribution in [1.29, 1.82) is 0 Å². The molecule has 1 heterocycles. The Kier molecular flexibility index (Phi) is 3.72. The fourth-order valence-electron chi connectivity index (χ4n) is 3.21. The van der Waals surface area contributed by atoms with Gasteiger partial charge in [-0.3, -0.25) is 0 Å². The number of aryl methyl sites for hydroxylation is 2. The molecule has 1 aromatic carbocycles. The Balaban J connectivity index is 1.96. The molecule has 0 unspecified atom stereocenters. The first-order valence-corrected chi connectivity index (χ1v) is 7.68. The molecule has 0 aliphatic heterocycles.